The van der Waals surface area contributed by atoms with Crippen LogP contribution >= 0.6 is 11.6 Å². The largest absolute Gasteiger partial charge is 0.456 e. The fourth-order valence-electron chi connectivity index (χ4n) is 2.47. The first kappa shape index (κ1) is 20.5. The summed E-state index contributed by atoms with van der Waals surface area (Å²) in [5, 5.41) is 7.08. The number of ether oxygens (including phenoxy) is 1. The number of carbonyl (C=O) groups excluding carboxylic acids is 2. The Kier molecular flexibility index (Phi) is 6.61. The summed E-state index contributed by atoms with van der Waals surface area (Å²) in [5.41, 5.74) is 3.41. The number of esters is 1. The van der Waals surface area contributed by atoms with E-state index in [1.54, 1.807) is 18.2 Å². The molecule has 0 aliphatic rings. The Labute approximate surface area is 173 Å². The van der Waals surface area contributed by atoms with E-state index in [4.69, 9.17) is 20.9 Å². The second-order valence-electron chi connectivity index (χ2n) is 6.55. The lowest BCUT2D eigenvalue weighted by Crippen LogP contribution is -2.21. The van der Waals surface area contributed by atoms with Gasteiger partial charge in [0.25, 0.3) is 5.91 Å². The van der Waals surface area contributed by atoms with Crippen LogP contribution in [0.3, 0.4) is 0 Å². The first-order chi connectivity index (χ1) is 13.9. The molecule has 0 radical (unpaired) electrons. The number of nitrogens with zero attached hydrogens (tertiary/aromatic N) is 2. The lowest BCUT2D eigenvalue weighted by atomic mass is 10.1. The SMILES string of the molecule is Cc1ccc(-c2noc(CCC(=O)OCC(=O)Nc3ccc(C)c(Cl)c3)n2)cc1. The van der Waals surface area contributed by atoms with Crippen LogP contribution in [0.25, 0.3) is 11.4 Å². The Bertz CT molecular complexity index is 1020. The van der Waals surface area contributed by atoms with Gasteiger partial charge in [-0.3, -0.25) is 9.59 Å². The van der Waals surface area contributed by atoms with E-state index in [-0.39, 0.29) is 19.4 Å². The number of anilines is 1. The normalized spacial score (nSPS) is 10.6. The molecule has 1 amide bonds. The summed E-state index contributed by atoms with van der Waals surface area (Å²) in [6.45, 7) is 3.47. The molecule has 0 saturated carbocycles. The van der Waals surface area contributed by atoms with Crippen LogP contribution in [0, 0.1) is 13.8 Å². The van der Waals surface area contributed by atoms with Gasteiger partial charge < -0.3 is 14.6 Å². The highest BCUT2D eigenvalue weighted by Gasteiger charge is 2.13. The smallest absolute Gasteiger partial charge is 0.306 e. The van der Waals surface area contributed by atoms with Crippen LogP contribution < -0.4 is 5.32 Å². The fourth-order valence-corrected chi connectivity index (χ4v) is 2.65. The van der Waals surface area contributed by atoms with Gasteiger partial charge in [0.15, 0.2) is 6.61 Å². The molecule has 8 heteroatoms. The molecule has 29 heavy (non-hydrogen) atoms. The third-order valence-corrected chi connectivity index (χ3v) is 4.55. The zero-order chi connectivity index (χ0) is 20.8. The van der Waals surface area contributed by atoms with Crippen LogP contribution in [0.4, 0.5) is 5.69 Å². The van der Waals surface area contributed by atoms with Gasteiger partial charge in [-0.1, -0.05) is 52.7 Å². The maximum absolute atomic E-state index is 11.9. The molecule has 3 rings (SSSR count). The molecule has 0 saturated heterocycles. The summed E-state index contributed by atoms with van der Waals surface area (Å²) in [4.78, 5) is 28.0. The van der Waals surface area contributed by atoms with Crippen molar-refractivity contribution in [2.75, 3.05) is 11.9 Å². The lowest BCUT2D eigenvalue weighted by Gasteiger charge is -2.07. The van der Waals surface area contributed by atoms with E-state index in [0.29, 0.717) is 22.4 Å². The van der Waals surface area contributed by atoms with Gasteiger partial charge in [-0.25, -0.2) is 0 Å². The number of aryl methyl sites for hydroxylation is 3. The molecule has 2 aromatic carbocycles. The number of nitrogens with one attached hydrogen (secondary N) is 1. The molecule has 1 heterocycles. The fraction of sp³-hybridized carbons (Fsp3) is 0.238. The number of carbonyl (C=O) groups is 2. The molecule has 0 aliphatic carbocycles. The highest BCUT2D eigenvalue weighted by Crippen LogP contribution is 2.20. The minimum atomic E-state index is -0.530. The number of halogens is 1. The van der Waals surface area contributed by atoms with E-state index < -0.39 is 11.9 Å². The minimum absolute atomic E-state index is 0.0270. The maximum atomic E-state index is 11.9. The second-order valence-corrected chi connectivity index (χ2v) is 6.96. The second kappa shape index (κ2) is 9.34. The van der Waals surface area contributed by atoms with Crippen molar-refractivity contribution < 1.29 is 18.8 Å². The van der Waals surface area contributed by atoms with E-state index in [9.17, 15) is 9.59 Å². The Morgan fingerprint density at radius 1 is 1.14 bits per heavy atom. The summed E-state index contributed by atoms with van der Waals surface area (Å²) in [6, 6.07) is 12.9. The Morgan fingerprint density at radius 2 is 1.90 bits per heavy atom. The molecule has 7 nitrogen and oxygen atoms in total. The highest BCUT2D eigenvalue weighted by atomic mass is 35.5. The molecule has 150 valence electrons. The number of benzene rings is 2. The summed E-state index contributed by atoms with van der Waals surface area (Å²) in [5.74, 6) is -0.185. The first-order valence-electron chi connectivity index (χ1n) is 9.02. The molecule has 1 N–H and O–H groups in total. The predicted molar refractivity (Wildman–Crippen MR) is 109 cm³/mol. The standard InChI is InChI=1S/C21H20ClN3O4/c1-13-3-6-15(7-4-13)21-24-19(29-25-21)9-10-20(27)28-12-18(26)23-16-8-5-14(2)17(22)11-16/h3-8,11H,9-10,12H2,1-2H3,(H,23,26). The van der Waals surface area contributed by atoms with Crippen molar-refractivity contribution in [2.45, 2.75) is 26.7 Å². The summed E-state index contributed by atoms with van der Waals surface area (Å²) in [7, 11) is 0. The first-order valence-corrected chi connectivity index (χ1v) is 9.40. The third-order valence-electron chi connectivity index (χ3n) is 4.14. The molecular formula is C21H20ClN3O4. The van der Waals surface area contributed by atoms with Gasteiger partial charge >= 0.3 is 5.97 Å². The molecular weight excluding hydrogens is 394 g/mol. The number of amides is 1. The zero-order valence-electron chi connectivity index (χ0n) is 16.1. The summed E-state index contributed by atoms with van der Waals surface area (Å²) >= 11 is 6.02. The number of aromatic nitrogens is 2. The third kappa shape index (κ3) is 5.89. The van der Waals surface area contributed by atoms with Gasteiger partial charge in [0, 0.05) is 22.7 Å². The Morgan fingerprint density at radius 3 is 2.62 bits per heavy atom. The van der Waals surface area contributed by atoms with E-state index in [1.165, 1.54) is 0 Å². The highest BCUT2D eigenvalue weighted by molar-refractivity contribution is 6.31. The molecule has 0 bridgehead atoms. The van der Waals surface area contributed by atoms with Gasteiger partial charge in [0.1, 0.15) is 0 Å². The Balaban J connectivity index is 1.43. The van der Waals surface area contributed by atoms with Gasteiger partial charge in [0.2, 0.25) is 11.7 Å². The van der Waals surface area contributed by atoms with Crippen LogP contribution in [0.1, 0.15) is 23.4 Å². The summed E-state index contributed by atoms with van der Waals surface area (Å²) in [6.07, 6.45) is 0.256. The van der Waals surface area contributed by atoms with Crippen LogP contribution in [0.15, 0.2) is 47.0 Å². The summed E-state index contributed by atoms with van der Waals surface area (Å²) < 4.78 is 10.1. The van der Waals surface area contributed by atoms with Gasteiger partial charge in [-0.05, 0) is 31.5 Å². The molecule has 0 spiro atoms. The van der Waals surface area contributed by atoms with Crippen LogP contribution in [-0.4, -0.2) is 28.6 Å². The molecule has 0 atom stereocenters. The average Bonchev–Trinajstić information content (AvgIpc) is 3.17. The van der Waals surface area contributed by atoms with Gasteiger partial charge in [-0.15, -0.1) is 0 Å². The van der Waals surface area contributed by atoms with Gasteiger partial charge in [0.05, 0.1) is 6.42 Å². The molecule has 0 aliphatic heterocycles. The van der Waals surface area contributed by atoms with Crippen LogP contribution in [-0.2, 0) is 20.7 Å². The molecule has 1 aromatic heterocycles. The molecule has 3 aromatic rings. The quantitative estimate of drug-likeness (QED) is 0.585. The van der Waals surface area contributed by atoms with E-state index in [0.717, 1.165) is 16.7 Å². The van der Waals surface area contributed by atoms with Crippen LogP contribution in [0.5, 0.6) is 0 Å². The van der Waals surface area contributed by atoms with E-state index in [1.807, 2.05) is 38.1 Å². The van der Waals surface area contributed by atoms with Crippen molar-refractivity contribution >= 4 is 29.2 Å². The number of hydrogen-bond acceptors (Lipinski definition) is 6. The number of hydrogen-bond donors (Lipinski definition) is 1. The maximum Gasteiger partial charge on any atom is 0.306 e. The van der Waals surface area contributed by atoms with Crippen molar-refractivity contribution in [1.82, 2.24) is 10.1 Å². The lowest BCUT2D eigenvalue weighted by molar-refractivity contribution is -0.147. The molecule has 0 fully saturated rings. The monoisotopic (exact) mass is 413 g/mol. The predicted octanol–water partition coefficient (Wildman–Crippen LogP) is 4.12. The topological polar surface area (TPSA) is 94.3 Å². The van der Waals surface area contributed by atoms with Crippen LogP contribution in [0.2, 0.25) is 5.02 Å². The van der Waals surface area contributed by atoms with E-state index >= 15 is 0 Å². The van der Waals surface area contributed by atoms with Crippen molar-refractivity contribution in [1.29, 1.82) is 0 Å². The van der Waals surface area contributed by atoms with Gasteiger partial charge in [-0.2, -0.15) is 4.98 Å². The number of rotatable bonds is 7. The molecule has 0 unspecified atom stereocenters. The van der Waals surface area contributed by atoms with E-state index in [2.05, 4.69) is 15.5 Å². The minimum Gasteiger partial charge on any atom is -0.456 e. The van der Waals surface area contributed by atoms with Crippen molar-refractivity contribution in [2.24, 2.45) is 0 Å². The Hall–Kier alpha value is -3.19. The van der Waals surface area contributed by atoms with Crippen molar-refractivity contribution in [3.63, 3.8) is 0 Å². The zero-order valence-corrected chi connectivity index (χ0v) is 16.8. The van der Waals surface area contributed by atoms with Crippen molar-refractivity contribution in [3.8, 4) is 11.4 Å². The van der Waals surface area contributed by atoms with Crippen molar-refractivity contribution in [3.05, 3.63) is 64.5 Å². The average molecular weight is 414 g/mol.